The molecule has 0 radical (unpaired) electrons. The van der Waals surface area contributed by atoms with E-state index in [9.17, 15) is 22.4 Å². The van der Waals surface area contributed by atoms with E-state index in [1.165, 1.54) is 6.07 Å². The summed E-state index contributed by atoms with van der Waals surface area (Å²) in [7, 11) is 0. The van der Waals surface area contributed by atoms with Crippen molar-refractivity contribution in [3.63, 3.8) is 0 Å². The second-order valence-electron chi connectivity index (χ2n) is 5.78. The van der Waals surface area contributed by atoms with Crippen molar-refractivity contribution in [2.45, 2.75) is 32.5 Å². The maximum Gasteiger partial charge on any atom is 0.422 e. The first-order valence-electron chi connectivity index (χ1n) is 6.67. The molecule has 0 atom stereocenters. The molecule has 8 heteroatoms. The Morgan fingerprint density at radius 3 is 2.39 bits per heavy atom. The van der Waals surface area contributed by atoms with Crippen LogP contribution < -0.4 is 10.9 Å². The van der Waals surface area contributed by atoms with Crippen LogP contribution in [0.1, 0.15) is 31.9 Å². The predicted octanol–water partition coefficient (Wildman–Crippen LogP) is 3.89. The number of carbonyl (C=O) groups excluding carboxylic acids is 1. The van der Waals surface area contributed by atoms with Gasteiger partial charge in [-0.25, -0.2) is 14.6 Å². The Labute approximate surface area is 131 Å². The monoisotopic (exact) mass is 334 g/mol. The lowest BCUT2D eigenvalue weighted by Gasteiger charge is -2.20. The zero-order chi connectivity index (χ0) is 17.8. The number of ether oxygens (including phenoxy) is 1. The van der Waals surface area contributed by atoms with Gasteiger partial charge in [0.1, 0.15) is 11.4 Å². The Bertz CT molecular complexity index is 592. The number of hydrogen-bond donors (Lipinski definition) is 2. The van der Waals surface area contributed by atoms with Crippen molar-refractivity contribution in [1.29, 1.82) is 0 Å². The van der Waals surface area contributed by atoms with Gasteiger partial charge in [-0.2, -0.15) is 13.2 Å². The highest BCUT2D eigenvalue weighted by atomic mass is 19.4. The van der Waals surface area contributed by atoms with Gasteiger partial charge in [-0.1, -0.05) is 12.6 Å². The molecule has 0 fully saturated rings. The molecule has 1 aromatic carbocycles. The van der Waals surface area contributed by atoms with Gasteiger partial charge in [0.15, 0.2) is 0 Å². The average molecular weight is 334 g/mol. The van der Waals surface area contributed by atoms with E-state index in [4.69, 9.17) is 4.74 Å². The lowest BCUT2D eigenvalue weighted by Crippen LogP contribution is -2.41. The van der Waals surface area contributed by atoms with E-state index >= 15 is 0 Å². The molecule has 0 saturated carbocycles. The molecule has 1 amide bonds. The first-order valence-corrected chi connectivity index (χ1v) is 6.67. The van der Waals surface area contributed by atoms with Gasteiger partial charge in [0.25, 0.3) is 0 Å². The molecular weight excluding hydrogens is 316 g/mol. The maximum atomic E-state index is 13.2. The fourth-order valence-corrected chi connectivity index (χ4v) is 1.59. The fraction of sp³-hybridized carbons (Fsp3) is 0.400. The third-order valence-corrected chi connectivity index (χ3v) is 2.57. The summed E-state index contributed by atoms with van der Waals surface area (Å²) in [5, 5.41) is 0. The van der Waals surface area contributed by atoms with E-state index in [0.717, 1.165) is 6.07 Å². The Morgan fingerprint density at radius 2 is 1.87 bits per heavy atom. The lowest BCUT2D eigenvalue weighted by atomic mass is 10.0. The van der Waals surface area contributed by atoms with Gasteiger partial charge in [0.2, 0.25) is 0 Å². The zero-order valence-corrected chi connectivity index (χ0v) is 13.0. The van der Waals surface area contributed by atoms with Crippen molar-refractivity contribution in [3.8, 4) is 0 Å². The van der Waals surface area contributed by atoms with E-state index in [0.29, 0.717) is 6.07 Å². The van der Waals surface area contributed by atoms with Gasteiger partial charge in [-0.3, -0.25) is 5.43 Å². The molecule has 0 aliphatic heterocycles. The van der Waals surface area contributed by atoms with Crippen molar-refractivity contribution >= 4 is 11.7 Å². The minimum Gasteiger partial charge on any atom is -0.443 e. The molecule has 128 valence electrons. The molecule has 23 heavy (non-hydrogen) atoms. The van der Waals surface area contributed by atoms with Crippen LogP contribution in [-0.2, 0) is 10.9 Å². The SMILES string of the molecule is C=C(CNNC(=O)OC(C)(C)C)c1ccc(F)c(C(F)(F)F)c1. The van der Waals surface area contributed by atoms with Gasteiger partial charge in [0.05, 0.1) is 5.56 Å². The molecule has 0 saturated heterocycles. The Balaban J connectivity index is 2.64. The van der Waals surface area contributed by atoms with Gasteiger partial charge < -0.3 is 4.74 Å². The molecule has 2 N–H and O–H groups in total. The number of hydrazine groups is 1. The largest absolute Gasteiger partial charge is 0.443 e. The number of benzene rings is 1. The highest BCUT2D eigenvalue weighted by Gasteiger charge is 2.34. The molecule has 1 aromatic rings. The van der Waals surface area contributed by atoms with Crippen molar-refractivity contribution in [1.82, 2.24) is 10.9 Å². The van der Waals surface area contributed by atoms with Crippen LogP contribution >= 0.6 is 0 Å². The Kier molecular flexibility index (Phi) is 5.76. The number of amides is 1. The standard InChI is InChI=1S/C15H18F4N2O2/c1-9(8-20-21-13(22)23-14(2,3)4)10-5-6-12(16)11(7-10)15(17,18)19/h5-7,20H,1,8H2,2-4H3,(H,21,22). The second-order valence-corrected chi connectivity index (χ2v) is 5.78. The minimum absolute atomic E-state index is 0.0395. The summed E-state index contributed by atoms with van der Waals surface area (Å²) in [5.74, 6) is -1.35. The lowest BCUT2D eigenvalue weighted by molar-refractivity contribution is -0.140. The van der Waals surface area contributed by atoms with Crippen LogP contribution in [0.4, 0.5) is 22.4 Å². The second kappa shape index (κ2) is 6.99. The summed E-state index contributed by atoms with van der Waals surface area (Å²) in [6.07, 6.45) is -5.52. The molecule has 0 heterocycles. The summed E-state index contributed by atoms with van der Waals surface area (Å²) in [6.45, 7) is 8.61. The molecule has 0 bridgehead atoms. The number of nitrogens with one attached hydrogen (secondary N) is 2. The summed E-state index contributed by atoms with van der Waals surface area (Å²) in [5.41, 5.74) is 3.01. The quantitative estimate of drug-likeness (QED) is 0.649. The Hall–Kier alpha value is -2.09. The van der Waals surface area contributed by atoms with Crippen molar-refractivity contribution < 1.29 is 27.1 Å². The first-order chi connectivity index (χ1) is 10.4. The van der Waals surface area contributed by atoms with E-state index < -0.39 is 29.3 Å². The molecule has 0 spiro atoms. The fourth-order valence-electron chi connectivity index (χ4n) is 1.59. The van der Waals surface area contributed by atoms with Gasteiger partial charge in [-0.05, 0) is 44.0 Å². The zero-order valence-electron chi connectivity index (χ0n) is 13.0. The molecule has 4 nitrogen and oxygen atoms in total. The van der Waals surface area contributed by atoms with E-state index in [-0.39, 0.29) is 17.7 Å². The highest BCUT2D eigenvalue weighted by molar-refractivity contribution is 5.68. The van der Waals surface area contributed by atoms with Crippen LogP contribution in [0, 0.1) is 5.82 Å². The topological polar surface area (TPSA) is 50.4 Å². The van der Waals surface area contributed by atoms with Crippen LogP contribution in [0.2, 0.25) is 0 Å². The van der Waals surface area contributed by atoms with E-state index in [2.05, 4.69) is 17.4 Å². The van der Waals surface area contributed by atoms with Gasteiger partial charge in [-0.15, -0.1) is 0 Å². The van der Waals surface area contributed by atoms with E-state index in [1.54, 1.807) is 20.8 Å². The maximum absolute atomic E-state index is 13.2. The molecule has 1 rings (SSSR count). The molecule has 0 aromatic heterocycles. The van der Waals surface area contributed by atoms with Crippen molar-refractivity contribution in [2.75, 3.05) is 6.54 Å². The summed E-state index contributed by atoms with van der Waals surface area (Å²) in [6, 6.07) is 2.58. The van der Waals surface area contributed by atoms with Crippen LogP contribution in [-0.4, -0.2) is 18.2 Å². The molecule has 0 unspecified atom stereocenters. The smallest absolute Gasteiger partial charge is 0.422 e. The number of rotatable bonds is 4. The van der Waals surface area contributed by atoms with Crippen LogP contribution in [0.15, 0.2) is 24.8 Å². The third-order valence-electron chi connectivity index (χ3n) is 2.57. The van der Waals surface area contributed by atoms with E-state index in [1.807, 2.05) is 0 Å². The molecule has 0 aliphatic rings. The van der Waals surface area contributed by atoms with Gasteiger partial charge in [0, 0.05) is 6.54 Å². The number of halogens is 4. The first kappa shape index (κ1) is 19.0. The van der Waals surface area contributed by atoms with Crippen molar-refractivity contribution in [3.05, 3.63) is 41.7 Å². The summed E-state index contributed by atoms with van der Waals surface area (Å²) >= 11 is 0. The molecule has 0 aliphatic carbocycles. The normalized spacial score (nSPS) is 12.0. The molecular formula is C15H18F4N2O2. The third kappa shape index (κ3) is 6.27. The number of alkyl halides is 3. The average Bonchev–Trinajstić information content (AvgIpc) is 2.35. The van der Waals surface area contributed by atoms with Gasteiger partial charge >= 0.3 is 12.3 Å². The van der Waals surface area contributed by atoms with Crippen LogP contribution in [0.3, 0.4) is 0 Å². The Morgan fingerprint density at radius 1 is 1.26 bits per heavy atom. The minimum atomic E-state index is -4.79. The van der Waals surface area contributed by atoms with Crippen molar-refractivity contribution in [2.24, 2.45) is 0 Å². The van der Waals surface area contributed by atoms with Crippen LogP contribution in [0.25, 0.3) is 5.57 Å². The van der Waals surface area contributed by atoms with Crippen LogP contribution in [0.5, 0.6) is 0 Å². The number of carbonyl (C=O) groups is 1. The summed E-state index contributed by atoms with van der Waals surface area (Å²) in [4.78, 5) is 11.4. The predicted molar refractivity (Wildman–Crippen MR) is 77.8 cm³/mol. The number of hydrogen-bond acceptors (Lipinski definition) is 3. The highest BCUT2D eigenvalue weighted by Crippen LogP contribution is 2.32. The summed E-state index contributed by atoms with van der Waals surface area (Å²) < 4.78 is 56.1.